The molecule has 0 fully saturated rings. The summed E-state index contributed by atoms with van der Waals surface area (Å²) in [7, 11) is 0. The van der Waals surface area contributed by atoms with Gasteiger partial charge in [0, 0.05) is 6.07 Å². The van der Waals surface area contributed by atoms with Crippen molar-refractivity contribution in [3.8, 4) is 0 Å². The van der Waals surface area contributed by atoms with Gasteiger partial charge in [0.25, 0.3) is 0 Å². The van der Waals surface area contributed by atoms with Crippen molar-refractivity contribution in [3.05, 3.63) is 69.7 Å². The molecule has 0 saturated heterocycles. The van der Waals surface area contributed by atoms with E-state index in [9.17, 15) is 9.18 Å². The smallest absolute Gasteiger partial charge is 0.200 e. The molecule has 0 radical (unpaired) electrons. The van der Waals surface area contributed by atoms with E-state index in [-0.39, 0.29) is 5.43 Å². The average molecular weight is 282 g/mol. The molecule has 0 spiro atoms. The predicted molar refractivity (Wildman–Crippen MR) is 83.1 cm³/mol. The highest BCUT2D eigenvalue weighted by Crippen LogP contribution is 2.23. The first-order chi connectivity index (χ1) is 10.1. The number of hydrogen-bond donors (Lipinski definition) is 0. The van der Waals surface area contributed by atoms with Crippen molar-refractivity contribution in [2.45, 2.75) is 20.3 Å². The van der Waals surface area contributed by atoms with Crippen LogP contribution in [0.15, 0.2) is 57.3 Å². The Morgan fingerprint density at radius 3 is 2.71 bits per heavy atom. The maximum Gasteiger partial charge on any atom is 0.200 e. The van der Waals surface area contributed by atoms with E-state index in [1.807, 2.05) is 19.9 Å². The van der Waals surface area contributed by atoms with E-state index >= 15 is 0 Å². The Hall–Kier alpha value is -2.42. The molecule has 3 aromatic rings. The minimum absolute atomic E-state index is 0.107. The zero-order valence-electron chi connectivity index (χ0n) is 11.9. The van der Waals surface area contributed by atoms with Crippen LogP contribution in [-0.4, -0.2) is 0 Å². The van der Waals surface area contributed by atoms with Crippen molar-refractivity contribution in [2.75, 3.05) is 0 Å². The molecule has 2 aromatic carbocycles. The van der Waals surface area contributed by atoms with Crippen LogP contribution >= 0.6 is 0 Å². The van der Waals surface area contributed by atoms with E-state index in [0.717, 1.165) is 5.57 Å². The summed E-state index contributed by atoms with van der Waals surface area (Å²) >= 11 is 0. The molecule has 0 unspecified atom stereocenters. The second-order valence-electron chi connectivity index (χ2n) is 5.35. The van der Waals surface area contributed by atoms with E-state index in [4.69, 9.17) is 4.42 Å². The first-order valence-corrected chi connectivity index (χ1v) is 6.83. The van der Waals surface area contributed by atoms with Crippen LogP contribution in [0.4, 0.5) is 4.39 Å². The van der Waals surface area contributed by atoms with E-state index in [2.05, 4.69) is 0 Å². The fourth-order valence-electron chi connectivity index (χ4n) is 2.45. The van der Waals surface area contributed by atoms with Crippen LogP contribution in [0, 0.1) is 5.82 Å². The number of halogens is 1. The summed E-state index contributed by atoms with van der Waals surface area (Å²) in [6.45, 7) is 3.94. The normalized spacial score (nSPS) is 11.0. The van der Waals surface area contributed by atoms with Gasteiger partial charge in [-0.2, -0.15) is 0 Å². The Balaban J connectivity index is 2.40. The summed E-state index contributed by atoms with van der Waals surface area (Å²) in [5.74, 6) is -0.391. The first-order valence-electron chi connectivity index (χ1n) is 6.83. The quantitative estimate of drug-likeness (QED) is 0.508. The summed E-state index contributed by atoms with van der Waals surface area (Å²) in [6.07, 6.45) is 2.49. The highest BCUT2D eigenvalue weighted by Gasteiger charge is 2.12. The van der Waals surface area contributed by atoms with Crippen molar-refractivity contribution < 1.29 is 8.81 Å². The lowest BCUT2D eigenvalue weighted by Crippen LogP contribution is -2.05. The van der Waals surface area contributed by atoms with Gasteiger partial charge in [0.1, 0.15) is 17.0 Å². The molecule has 2 nitrogen and oxygen atoms in total. The Morgan fingerprint density at radius 1 is 1.19 bits per heavy atom. The third kappa shape index (κ3) is 2.47. The highest BCUT2D eigenvalue weighted by atomic mass is 19.1. The molecule has 0 aliphatic heterocycles. The molecule has 0 aliphatic carbocycles. The number of benzene rings is 2. The van der Waals surface area contributed by atoms with Gasteiger partial charge in [0.15, 0.2) is 0 Å². The Kier molecular flexibility index (Phi) is 3.34. The molecule has 0 bridgehead atoms. The van der Waals surface area contributed by atoms with Crippen molar-refractivity contribution in [2.24, 2.45) is 0 Å². The summed E-state index contributed by atoms with van der Waals surface area (Å²) in [5, 5.41) is 0.989. The van der Waals surface area contributed by atoms with Crippen LogP contribution < -0.4 is 5.43 Å². The minimum Gasteiger partial charge on any atom is -0.456 e. The number of para-hydroxylation sites is 1. The Morgan fingerprint density at radius 2 is 1.95 bits per heavy atom. The Bertz CT molecular complexity index is 916. The third-order valence-corrected chi connectivity index (χ3v) is 3.46. The average Bonchev–Trinajstić information content (AvgIpc) is 2.44. The van der Waals surface area contributed by atoms with Crippen molar-refractivity contribution in [3.63, 3.8) is 0 Å². The zero-order chi connectivity index (χ0) is 15.0. The van der Waals surface area contributed by atoms with Crippen LogP contribution in [0.2, 0.25) is 0 Å². The van der Waals surface area contributed by atoms with E-state index in [0.29, 0.717) is 33.9 Å². The lowest BCUT2D eigenvalue weighted by atomic mass is 10.0. The van der Waals surface area contributed by atoms with Gasteiger partial charge < -0.3 is 4.42 Å². The monoisotopic (exact) mass is 282 g/mol. The molecule has 0 amide bonds. The maximum absolute atomic E-state index is 13.8. The van der Waals surface area contributed by atoms with Crippen LogP contribution in [0.1, 0.15) is 19.4 Å². The van der Waals surface area contributed by atoms with Gasteiger partial charge in [-0.05, 0) is 44.0 Å². The molecule has 1 heterocycles. The number of hydrogen-bond acceptors (Lipinski definition) is 2. The fourth-order valence-corrected chi connectivity index (χ4v) is 2.45. The summed E-state index contributed by atoms with van der Waals surface area (Å²) < 4.78 is 19.5. The molecule has 1 aromatic heterocycles. The van der Waals surface area contributed by atoms with Crippen LogP contribution in [0.5, 0.6) is 0 Å². The number of rotatable bonds is 2. The lowest BCUT2D eigenvalue weighted by Gasteiger charge is -2.06. The molecule has 0 N–H and O–H groups in total. The minimum atomic E-state index is -0.391. The van der Waals surface area contributed by atoms with Crippen molar-refractivity contribution >= 4 is 21.9 Å². The Labute approximate surface area is 121 Å². The van der Waals surface area contributed by atoms with Gasteiger partial charge in [-0.15, -0.1) is 0 Å². The number of allylic oxidation sites excluding steroid dienone is 2. The second-order valence-corrected chi connectivity index (χ2v) is 5.35. The van der Waals surface area contributed by atoms with Crippen LogP contribution in [-0.2, 0) is 6.42 Å². The summed E-state index contributed by atoms with van der Waals surface area (Å²) in [6, 6.07) is 9.72. The SMILES string of the molecule is CC(C)=CCc1cc(F)cc2oc3ccccc3c(=O)c12. The van der Waals surface area contributed by atoms with E-state index in [1.54, 1.807) is 24.3 Å². The molecule has 21 heavy (non-hydrogen) atoms. The fraction of sp³-hybridized carbons (Fsp3) is 0.167. The van der Waals surface area contributed by atoms with Crippen LogP contribution in [0.25, 0.3) is 21.9 Å². The summed E-state index contributed by atoms with van der Waals surface area (Å²) in [4.78, 5) is 12.7. The van der Waals surface area contributed by atoms with Gasteiger partial charge in [-0.25, -0.2) is 4.39 Å². The van der Waals surface area contributed by atoms with Gasteiger partial charge in [-0.3, -0.25) is 4.79 Å². The first kappa shape index (κ1) is 13.6. The van der Waals surface area contributed by atoms with Gasteiger partial charge in [0.05, 0.1) is 10.8 Å². The molecule has 0 atom stereocenters. The van der Waals surface area contributed by atoms with Gasteiger partial charge in [0.2, 0.25) is 5.43 Å². The molecule has 0 aliphatic rings. The predicted octanol–water partition coefficient (Wildman–Crippen LogP) is 4.59. The van der Waals surface area contributed by atoms with Gasteiger partial charge >= 0.3 is 0 Å². The second kappa shape index (κ2) is 5.17. The number of fused-ring (bicyclic) bond motifs is 2. The summed E-state index contributed by atoms with van der Waals surface area (Å²) in [5.41, 5.74) is 2.46. The van der Waals surface area contributed by atoms with Crippen molar-refractivity contribution in [1.29, 1.82) is 0 Å². The van der Waals surface area contributed by atoms with Crippen LogP contribution in [0.3, 0.4) is 0 Å². The maximum atomic E-state index is 13.8. The lowest BCUT2D eigenvalue weighted by molar-refractivity contribution is 0.614. The molecular formula is C18H15FO2. The van der Waals surface area contributed by atoms with E-state index < -0.39 is 5.82 Å². The molecule has 0 saturated carbocycles. The standard InChI is InChI=1S/C18H15FO2/c1-11(2)7-8-12-9-13(19)10-16-17(12)18(20)14-5-3-4-6-15(14)21-16/h3-7,9-10H,8H2,1-2H3. The molecule has 106 valence electrons. The van der Waals surface area contributed by atoms with Gasteiger partial charge in [-0.1, -0.05) is 23.8 Å². The topological polar surface area (TPSA) is 30.2 Å². The molecular weight excluding hydrogens is 267 g/mol. The molecule has 3 heteroatoms. The highest BCUT2D eigenvalue weighted by molar-refractivity contribution is 5.91. The zero-order valence-corrected chi connectivity index (χ0v) is 11.9. The largest absolute Gasteiger partial charge is 0.456 e. The third-order valence-electron chi connectivity index (χ3n) is 3.46. The molecule has 3 rings (SSSR count). The van der Waals surface area contributed by atoms with Crippen molar-refractivity contribution in [1.82, 2.24) is 0 Å². The van der Waals surface area contributed by atoms with E-state index in [1.165, 1.54) is 12.1 Å².